The van der Waals surface area contributed by atoms with Gasteiger partial charge in [0, 0.05) is 10.7 Å². The molecule has 4 aliphatic rings. The van der Waals surface area contributed by atoms with E-state index < -0.39 is 17.8 Å². The van der Waals surface area contributed by atoms with Gasteiger partial charge < -0.3 is 10.4 Å². The summed E-state index contributed by atoms with van der Waals surface area (Å²) in [5.74, 6) is -1.19. The van der Waals surface area contributed by atoms with Crippen LogP contribution in [0.3, 0.4) is 0 Å². The van der Waals surface area contributed by atoms with Crippen molar-refractivity contribution in [3.63, 3.8) is 0 Å². The van der Waals surface area contributed by atoms with Crippen LogP contribution in [0.15, 0.2) is 30.4 Å². The van der Waals surface area contributed by atoms with E-state index in [1.54, 1.807) is 18.2 Å². The minimum atomic E-state index is -0.863. The van der Waals surface area contributed by atoms with Gasteiger partial charge in [-0.2, -0.15) is 0 Å². The molecule has 2 fully saturated rings. The second kappa shape index (κ2) is 5.10. The van der Waals surface area contributed by atoms with Gasteiger partial charge in [-0.05, 0) is 54.7 Å². The quantitative estimate of drug-likeness (QED) is 0.835. The Labute approximate surface area is 139 Å². The molecule has 1 aromatic rings. The predicted octanol–water partition coefficient (Wildman–Crippen LogP) is 3.36. The normalized spacial score (nSPS) is 36.4. The molecule has 5 heteroatoms. The summed E-state index contributed by atoms with van der Waals surface area (Å²) in [6.07, 6.45) is 5.13. The van der Waals surface area contributed by atoms with Crippen LogP contribution >= 0.6 is 11.6 Å². The molecule has 0 saturated heterocycles. The van der Waals surface area contributed by atoms with Crippen LogP contribution in [0.25, 0.3) is 0 Å². The molecular weight excluding hydrogens is 314 g/mol. The maximum absolute atomic E-state index is 12.8. The number of carbonyl (C=O) groups is 2. The molecule has 4 nitrogen and oxygen atoms in total. The van der Waals surface area contributed by atoms with Crippen molar-refractivity contribution >= 4 is 29.2 Å². The second-order valence-corrected chi connectivity index (χ2v) is 7.30. The Balaban J connectivity index is 1.63. The number of anilines is 1. The molecule has 0 heterocycles. The van der Waals surface area contributed by atoms with Crippen molar-refractivity contribution in [2.75, 3.05) is 5.32 Å². The molecule has 0 aromatic heterocycles. The number of carboxylic acids is 1. The van der Waals surface area contributed by atoms with E-state index in [0.717, 1.165) is 12.0 Å². The number of rotatable bonds is 3. The highest BCUT2D eigenvalue weighted by Crippen LogP contribution is 2.63. The number of amides is 1. The lowest BCUT2D eigenvalue weighted by Crippen LogP contribution is -2.48. The van der Waals surface area contributed by atoms with Crippen molar-refractivity contribution < 1.29 is 14.7 Å². The first-order valence-electron chi connectivity index (χ1n) is 7.96. The molecule has 1 aromatic carbocycles. The average molecular weight is 332 g/mol. The van der Waals surface area contributed by atoms with Crippen LogP contribution in [0.5, 0.6) is 0 Å². The Kier molecular flexibility index (Phi) is 3.27. The van der Waals surface area contributed by atoms with Crippen LogP contribution in [0.2, 0.25) is 5.02 Å². The molecule has 5 rings (SSSR count). The van der Waals surface area contributed by atoms with E-state index in [4.69, 9.17) is 11.6 Å². The molecule has 1 amide bonds. The summed E-state index contributed by atoms with van der Waals surface area (Å²) in [6.45, 7) is 1.84. The summed E-state index contributed by atoms with van der Waals surface area (Å²) in [7, 11) is 0. The number of fused-ring (bicyclic) bond motifs is 1. The highest BCUT2D eigenvalue weighted by Gasteiger charge is 2.62. The van der Waals surface area contributed by atoms with E-state index in [9.17, 15) is 14.7 Å². The number of hydrogen-bond acceptors (Lipinski definition) is 2. The molecule has 0 unspecified atom stereocenters. The third-order valence-electron chi connectivity index (χ3n) is 5.77. The zero-order chi connectivity index (χ0) is 16.3. The van der Waals surface area contributed by atoms with Gasteiger partial charge in [-0.25, -0.2) is 0 Å². The molecule has 0 aliphatic heterocycles. The maximum Gasteiger partial charge on any atom is 0.307 e. The lowest BCUT2D eigenvalue weighted by atomic mass is 9.62. The number of aliphatic carboxylic acids is 1. The highest BCUT2D eigenvalue weighted by molar-refractivity contribution is 6.31. The third kappa shape index (κ3) is 2.19. The monoisotopic (exact) mass is 331 g/mol. The molecule has 2 bridgehead atoms. The fourth-order valence-electron chi connectivity index (χ4n) is 4.53. The number of carboxylic acid groups (broad SMARTS) is 1. The number of carbonyl (C=O) groups excluding carboxylic acids is 1. The summed E-state index contributed by atoms with van der Waals surface area (Å²) >= 11 is 6.10. The molecule has 4 aliphatic carbocycles. The number of allylic oxidation sites excluding steroid dienone is 2. The van der Waals surface area contributed by atoms with Crippen molar-refractivity contribution in [2.45, 2.75) is 13.3 Å². The van der Waals surface area contributed by atoms with Crippen LogP contribution in [0, 0.1) is 42.4 Å². The summed E-state index contributed by atoms with van der Waals surface area (Å²) in [5.41, 5.74) is 1.46. The minimum absolute atomic E-state index is 0.00120. The van der Waals surface area contributed by atoms with Gasteiger partial charge in [0.05, 0.1) is 11.8 Å². The van der Waals surface area contributed by atoms with Crippen LogP contribution in [-0.4, -0.2) is 17.0 Å². The van der Waals surface area contributed by atoms with Gasteiger partial charge in [0.2, 0.25) is 5.91 Å². The van der Waals surface area contributed by atoms with E-state index in [2.05, 4.69) is 11.4 Å². The summed E-state index contributed by atoms with van der Waals surface area (Å²) in [4.78, 5) is 24.6. The molecule has 23 heavy (non-hydrogen) atoms. The van der Waals surface area contributed by atoms with Crippen molar-refractivity contribution in [2.24, 2.45) is 35.5 Å². The lowest BCUT2D eigenvalue weighted by molar-refractivity contribution is -0.152. The van der Waals surface area contributed by atoms with Crippen LogP contribution in [0.4, 0.5) is 5.69 Å². The Morgan fingerprint density at radius 2 is 1.83 bits per heavy atom. The number of hydrogen-bond donors (Lipinski definition) is 2. The van der Waals surface area contributed by atoms with E-state index in [1.807, 2.05) is 13.0 Å². The molecule has 2 saturated carbocycles. The Bertz CT molecular complexity index is 729. The molecule has 120 valence electrons. The number of nitrogens with one attached hydrogen (secondary N) is 1. The van der Waals surface area contributed by atoms with Crippen LogP contribution in [0.1, 0.15) is 12.0 Å². The first-order valence-corrected chi connectivity index (χ1v) is 8.34. The third-order valence-corrected chi connectivity index (χ3v) is 6.17. The van der Waals surface area contributed by atoms with E-state index in [-0.39, 0.29) is 17.7 Å². The zero-order valence-electron chi connectivity index (χ0n) is 12.7. The van der Waals surface area contributed by atoms with Gasteiger partial charge in [0.25, 0.3) is 0 Å². The van der Waals surface area contributed by atoms with E-state index >= 15 is 0 Å². The lowest BCUT2D eigenvalue weighted by Gasteiger charge is -2.41. The van der Waals surface area contributed by atoms with Crippen molar-refractivity contribution in [1.82, 2.24) is 0 Å². The van der Waals surface area contributed by atoms with Gasteiger partial charge in [-0.1, -0.05) is 29.8 Å². The summed E-state index contributed by atoms with van der Waals surface area (Å²) < 4.78 is 0. The van der Waals surface area contributed by atoms with E-state index in [1.165, 1.54) is 0 Å². The SMILES string of the molecule is Cc1c(Cl)cccc1NC(=O)[C@@H]1[C@@H]2C=C[C@@H]([C@@H]3C[C@H]23)[C@@H]1C(=O)O. The summed E-state index contributed by atoms with van der Waals surface area (Å²) in [5, 5.41) is 13.1. The maximum atomic E-state index is 12.8. The smallest absolute Gasteiger partial charge is 0.307 e. The molecule has 2 N–H and O–H groups in total. The van der Waals surface area contributed by atoms with Crippen molar-refractivity contribution in [1.29, 1.82) is 0 Å². The fraction of sp³-hybridized carbons (Fsp3) is 0.444. The van der Waals surface area contributed by atoms with E-state index in [0.29, 0.717) is 22.5 Å². The first-order chi connectivity index (χ1) is 11.0. The molecule has 0 spiro atoms. The molecular formula is C18H18ClNO3. The Morgan fingerprint density at radius 1 is 1.17 bits per heavy atom. The highest BCUT2D eigenvalue weighted by atomic mass is 35.5. The van der Waals surface area contributed by atoms with Crippen molar-refractivity contribution in [3.8, 4) is 0 Å². The largest absolute Gasteiger partial charge is 0.481 e. The minimum Gasteiger partial charge on any atom is -0.481 e. The predicted molar refractivity (Wildman–Crippen MR) is 87.2 cm³/mol. The zero-order valence-corrected chi connectivity index (χ0v) is 13.5. The number of benzene rings is 1. The van der Waals surface area contributed by atoms with Gasteiger partial charge in [-0.15, -0.1) is 0 Å². The standard InChI is InChI=1S/C18H18ClNO3/c1-8-13(19)3-2-4-14(8)20-17(21)15-9-5-6-10(12-7-11(9)12)16(15)18(22)23/h2-6,9-12,15-16H,7H2,1H3,(H,20,21)(H,22,23)/t9-,10+,11-,12+,15-,16+/m1/s1. The second-order valence-electron chi connectivity index (χ2n) is 6.89. The fourth-order valence-corrected chi connectivity index (χ4v) is 4.70. The van der Waals surface area contributed by atoms with Gasteiger partial charge in [0.1, 0.15) is 0 Å². The molecule has 6 atom stereocenters. The number of halogens is 1. The Hall–Kier alpha value is -1.81. The van der Waals surface area contributed by atoms with Gasteiger partial charge in [-0.3, -0.25) is 9.59 Å². The average Bonchev–Trinajstić information content (AvgIpc) is 3.33. The van der Waals surface area contributed by atoms with Crippen molar-refractivity contribution in [3.05, 3.63) is 40.9 Å². The van der Waals surface area contributed by atoms with Gasteiger partial charge in [0.15, 0.2) is 0 Å². The first kappa shape index (κ1) is 14.8. The van der Waals surface area contributed by atoms with Crippen LogP contribution in [-0.2, 0) is 9.59 Å². The summed E-state index contributed by atoms with van der Waals surface area (Å²) in [6, 6.07) is 5.35. The van der Waals surface area contributed by atoms with Gasteiger partial charge >= 0.3 is 5.97 Å². The molecule has 0 radical (unpaired) electrons. The Morgan fingerprint density at radius 3 is 2.48 bits per heavy atom. The topological polar surface area (TPSA) is 66.4 Å². The van der Waals surface area contributed by atoms with Crippen LogP contribution < -0.4 is 5.32 Å².